The van der Waals surface area contributed by atoms with E-state index in [9.17, 15) is 4.39 Å². The Kier molecular flexibility index (Phi) is 3.82. The quantitative estimate of drug-likeness (QED) is 0.890. The molecule has 0 spiro atoms. The molecule has 1 aromatic heterocycles. The third-order valence-corrected chi connectivity index (χ3v) is 3.17. The molecule has 0 radical (unpaired) electrons. The summed E-state index contributed by atoms with van der Waals surface area (Å²) in [4.78, 5) is 0. The minimum Gasteiger partial charge on any atom is -0.469 e. The minimum atomic E-state index is -0.209. The monoisotopic (exact) mass is 247 g/mol. The van der Waals surface area contributed by atoms with Gasteiger partial charge in [0.2, 0.25) is 0 Å². The lowest BCUT2D eigenvalue weighted by atomic mass is 9.95. The fourth-order valence-corrected chi connectivity index (χ4v) is 2.21. The molecule has 2 nitrogen and oxygen atoms in total. The summed E-state index contributed by atoms with van der Waals surface area (Å²) in [6.45, 7) is 6.77. The Morgan fingerprint density at radius 2 is 2.00 bits per heavy atom. The summed E-state index contributed by atoms with van der Waals surface area (Å²) >= 11 is 0. The number of halogens is 1. The van der Waals surface area contributed by atoms with Crippen LogP contribution in [0.15, 0.2) is 34.9 Å². The average molecular weight is 247 g/mol. The third kappa shape index (κ3) is 2.46. The summed E-state index contributed by atoms with van der Waals surface area (Å²) in [5, 5.41) is 3.38. The lowest BCUT2D eigenvalue weighted by Crippen LogP contribution is -2.23. The maximum Gasteiger partial charge on any atom is 0.123 e. The Morgan fingerprint density at radius 3 is 2.61 bits per heavy atom. The van der Waals surface area contributed by atoms with Gasteiger partial charge in [0.1, 0.15) is 11.6 Å². The molecule has 96 valence electrons. The van der Waals surface area contributed by atoms with Crippen molar-refractivity contribution in [3.05, 3.63) is 58.8 Å². The topological polar surface area (TPSA) is 25.2 Å². The maximum absolute atomic E-state index is 13.4. The number of hydrogen-bond donors (Lipinski definition) is 1. The molecule has 18 heavy (non-hydrogen) atoms. The Labute approximate surface area is 107 Å². The number of rotatable bonds is 4. The Bertz CT molecular complexity index is 533. The molecule has 2 rings (SSSR count). The second-order valence-corrected chi connectivity index (χ2v) is 4.42. The smallest absolute Gasteiger partial charge is 0.123 e. The molecule has 0 fully saturated rings. The molecule has 1 unspecified atom stereocenters. The van der Waals surface area contributed by atoms with Crippen molar-refractivity contribution in [2.24, 2.45) is 0 Å². The second-order valence-electron chi connectivity index (χ2n) is 4.42. The first kappa shape index (κ1) is 12.8. The van der Waals surface area contributed by atoms with Crippen molar-refractivity contribution in [2.45, 2.75) is 26.8 Å². The van der Waals surface area contributed by atoms with E-state index in [2.05, 4.69) is 5.32 Å². The van der Waals surface area contributed by atoms with E-state index in [0.29, 0.717) is 0 Å². The van der Waals surface area contributed by atoms with Crippen LogP contribution in [0.5, 0.6) is 0 Å². The molecule has 1 heterocycles. The van der Waals surface area contributed by atoms with Gasteiger partial charge in [0.25, 0.3) is 0 Å². The summed E-state index contributed by atoms with van der Waals surface area (Å²) in [5.74, 6) is 0.657. The van der Waals surface area contributed by atoms with Crippen LogP contribution in [-0.2, 0) is 0 Å². The number of furan rings is 1. The standard InChI is InChI=1S/C15H18FNO/c1-4-17-15(13-7-8-18-11(13)3)14-9-12(16)6-5-10(14)2/h5-9,15,17H,4H2,1-3H3. The minimum absolute atomic E-state index is 0.0237. The summed E-state index contributed by atoms with van der Waals surface area (Å²) in [6.07, 6.45) is 1.67. The first-order valence-electron chi connectivity index (χ1n) is 6.17. The fraction of sp³-hybridized carbons (Fsp3) is 0.333. The van der Waals surface area contributed by atoms with Crippen LogP contribution in [0, 0.1) is 19.7 Å². The van der Waals surface area contributed by atoms with Crippen molar-refractivity contribution in [3.63, 3.8) is 0 Å². The largest absolute Gasteiger partial charge is 0.469 e. The van der Waals surface area contributed by atoms with Crippen molar-refractivity contribution >= 4 is 0 Å². The maximum atomic E-state index is 13.4. The average Bonchev–Trinajstić information content (AvgIpc) is 2.76. The second kappa shape index (κ2) is 5.36. The number of nitrogens with one attached hydrogen (secondary N) is 1. The van der Waals surface area contributed by atoms with Crippen LogP contribution in [0.4, 0.5) is 4.39 Å². The first-order chi connectivity index (χ1) is 8.63. The fourth-order valence-electron chi connectivity index (χ4n) is 2.21. The molecule has 0 saturated carbocycles. The Hall–Kier alpha value is -1.61. The van der Waals surface area contributed by atoms with Crippen LogP contribution < -0.4 is 5.32 Å². The number of aryl methyl sites for hydroxylation is 2. The van der Waals surface area contributed by atoms with Crippen LogP contribution in [0.3, 0.4) is 0 Å². The van der Waals surface area contributed by atoms with E-state index < -0.39 is 0 Å². The van der Waals surface area contributed by atoms with Gasteiger partial charge in [-0.1, -0.05) is 13.0 Å². The van der Waals surface area contributed by atoms with Gasteiger partial charge in [0, 0.05) is 5.56 Å². The van der Waals surface area contributed by atoms with Gasteiger partial charge < -0.3 is 9.73 Å². The van der Waals surface area contributed by atoms with E-state index in [1.165, 1.54) is 6.07 Å². The molecule has 3 heteroatoms. The summed E-state index contributed by atoms with van der Waals surface area (Å²) in [6, 6.07) is 6.81. The van der Waals surface area contributed by atoms with Crippen LogP contribution >= 0.6 is 0 Å². The molecule has 0 aliphatic carbocycles. The van der Waals surface area contributed by atoms with Crippen LogP contribution in [-0.4, -0.2) is 6.54 Å². The molecular formula is C15H18FNO. The predicted octanol–water partition coefficient (Wildman–Crippen LogP) is 3.73. The molecule has 1 N–H and O–H groups in total. The molecule has 0 saturated heterocycles. The molecular weight excluding hydrogens is 229 g/mol. The van der Waals surface area contributed by atoms with E-state index in [0.717, 1.165) is 29.0 Å². The van der Waals surface area contributed by atoms with Gasteiger partial charge in [-0.3, -0.25) is 0 Å². The van der Waals surface area contributed by atoms with E-state index in [-0.39, 0.29) is 11.9 Å². The van der Waals surface area contributed by atoms with Crippen molar-refractivity contribution in [1.82, 2.24) is 5.32 Å². The van der Waals surface area contributed by atoms with Gasteiger partial charge in [0.05, 0.1) is 12.3 Å². The molecule has 2 aromatic rings. The zero-order valence-corrected chi connectivity index (χ0v) is 11.0. The Morgan fingerprint density at radius 1 is 1.22 bits per heavy atom. The highest BCUT2D eigenvalue weighted by Gasteiger charge is 2.19. The lowest BCUT2D eigenvalue weighted by Gasteiger charge is -2.20. The highest BCUT2D eigenvalue weighted by molar-refractivity contribution is 5.38. The van der Waals surface area contributed by atoms with Crippen molar-refractivity contribution in [2.75, 3.05) is 6.54 Å². The van der Waals surface area contributed by atoms with Gasteiger partial charge in [0.15, 0.2) is 0 Å². The van der Waals surface area contributed by atoms with Gasteiger partial charge >= 0.3 is 0 Å². The van der Waals surface area contributed by atoms with Crippen molar-refractivity contribution in [3.8, 4) is 0 Å². The van der Waals surface area contributed by atoms with Gasteiger partial charge in [-0.15, -0.1) is 0 Å². The zero-order valence-electron chi connectivity index (χ0n) is 11.0. The van der Waals surface area contributed by atoms with Crippen LogP contribution in [0.25, 0.3) is 0 Å². The summed E-state index contributed by atoms with van der Waals surface area (Å²) < 4.78 is 18.8. The zero-order chi connectivity index (χ0) is 13.1. The van der Waals surface area contributed by atoms with Crippen LogP contribution in [0.2, 0.25) is 0 Å². The van der Waals surface area contributed by atoms with Crippen molar-refractivity contribution in [1.29, 1.82) is 0 Å². The van der Waals surface area contributed by atoms with E-state index in [1.807, 2.05) is 32.9 Å². The highest BCUT2D eigenvalue weighted by atomic mass is 19.1. The number of benzene rings is 1. The van der Waals surface area contributed by atoms with Crippen molar-refractivity contribution < 1.29 is 8.81 Å². The Balaban J connectivity index is 2.48. The predicted molar refractivity (Wildman–Crippen MR) is 70.1 cm³/mol. The SMILES string of the molecule is CCNC(c1cc(F)ccc1C)c1ccoc1C. The summed E-state index contributed by atoms with van der Waals surface area (Å²) in [5.41, 5.74) is 3.09. The van der Waals surface area contributed by atoms with E-state index in [1.54, 1.807) is 12.3 Å². The van der Waals surface area contributed by atoms with Gasteiger partial charge in [-0.05, 0) is 49.7 Å². The normalized spacial score (nSPS) is 12.7. The molecule has 0 bridgehead atoms. The molecule has 0 aliphatic rings. The molecule has 1 aromatic carbocycles. The summed E-state index contributed by atoms with van der Waals surface area (Å²) in [7, 11) is 0. The lowest BCUT2D eigenvalue weighted by molar-refractivity contribution is 0.519. The van der Waals surface area contributed by atoms with E-state index in [4.69, 9.17) is 4.42 Å². The number of hydrogen-bond acceptors (Lipinski definition) is 2. The van der Waals surface area contributed by atoms with Crippen LogP contribution in [0.1, 0.15) is 35.4 Å². The highest BCUT2D eigenvalue weighted by Crippen LogP contribution is 2.28. The van der Waals surface area contributed by atoms with Gasteiger partial charge in [-0.25, -0.2) is 4.39 Å². The van der Waals surface area contributed by atoms with E-state index >= 15 is 0 Å². The van der Waals surface area contributed by atoms with Gasteiger partial charge in [-0.2, -0.15) is 0 Å². The third-order valence-electron chi connectivity index (χ3n) is 3.17. The molecule has 0 aliphatic heterocycles. The molecule has 0 amide bonds. The first-order valence-corrected chi connectivity index (χ1v) is 6.17. The molecule has 1 atom stereocenters.